The molecule has 2 heterocycles. The van der Waals surface area contributed by atoms with E-state index < -0.39 is 0 Å². The van der Waals surface area contributed by atoms with Crippen molar-refractivity contribution in [1.82, 2.24) is 15.0 Å². The van der Waals surface area contributed by atoms with Crippen LogP contribution in [0.15, 0.2) is 27.6 Å². The van der Waals surface area contributed by atoms with Gasteiger partial charge in [-0.25, -0.2) is 4.98 Å². The van der Waals surface area contributed by atoms with Crippen molar-refractivity contribution in [3.05, 3.63) is 38.7 Å². The Labute approximate surface area is 113 Å². The number of H-pyrrole nitrogens is 1. The van der Waals surface area contributed by atoms with Gasteiger partial charge in [0.05, 0.1) is 5.56 Å². The van der Waals surface area contributed by atoms with Crippen LogP contribution in [0.5, 0.6) is 0 Å². The van der Waals surface area contributed by atoms with Gasteiger partial charge in [0.15, 0.2) is 5.82 Å². The smallest absolute Gasteiger partial charge is 0.256 e. The summed E-state index contributed by atoms with van der Waals surface area (Å²) < 4.78 is 0.861. The van der Waals surface area contributed by atoms with Crippen LogP contribution >= 0.6 is 15.9 Å². The largest absolute Gasteiger partial charge is 0.383 e. The molecule has 0 radical (unpaired) electrons. The first-order valence-electron chi connectivity index (χ1n) is 5.50. The second-order valence-electron chi connectivity index (χ2n) is 4.23. The number of aromatic nitrogens is 3. The highest BCUT2D eigenvalue weighted by Gasteiger charge is 2.13. The minimum absolute atomic E-state index is 0.0353. The average molecular weight is 309 g/mol. The first-order valence-corrected chi connectivity index (χ1v) is 6.30. The zero-order valence-corrected chi connectivity index (χ0v) is 11.7. The van der Waals surface area contributed by atoms with Gasteiger partial charge in [0.25, 0.3) is 5.56 Å². The summed E-state index contributed by atoms with van der Waals surface area (Å²) in [4.78, 5) is 23.0. The molecule has 18 heavy (non-hydrogen) atoms. The van der Waals surface area contributed by atoms with Gasteiger partial charge in [0.2, 0.25) is 0 Å². The Kier molecular flexibility index (Phi) is 3.47. The van der Waals surface area contributed by atoms with Crippen molar-refractivity contribution in [2.24, 2.45) is 0 Å². The van der Waals surface area contributed by atoms with E-state index in [4.69, 9.17) is 5.73 Å². The standard InChI is InChI=1S/C12H13BrN4O/c1-6(2)9-10(14)16-11(17-12(9)18)8-4-3-7(13)5-15-8/h3-6H,1-2H3,(H3,14,16,17,18). The van der Waals surface area contributed by atoms with Gasteiger partial charge >= 0.3 is 0 Å². The molecule has 3 N–H and O–H groups in total. The van der Waals surface area contributed by atoms with Gasteiger partial charge in [-0.15, -0.1) is 0 Å². The van der Waals surface area contributed by atoms with Crippen molar-refractivity contribution < 1.29 is 0 Å². The number of nitrogens with two attached hydrogens (primary N) is 1. The molecular weight excluding hydrogens is 296 g/mol. The van der Waals surface area contributed by atoms with E-state index >= 15 is 0 Å². The predicted octanol–water partition coefficient (Wildman–Crippen LogP) is 2.30. The lowest BCUT2D eigenvalue weighted by atomic mass is 10.1. The molecule has 2 aromatic rings. The molecule has 5 nitrogen and oxygen atoms in total. The van der Waals surface area contributed by atoms with Crippen molar-refractivity contribution in [3.63, 3.8) is 0 Å². The minimum atomic E-state index is -0.211. The third kappa shape index (κ3) is 2.43. The number of anilines is 1. The summed E-state index contributed by atoms with van der Waals surface area (Å²) in [6.07, 6.45) is 1.64. The van der Waals surface area contributed by atoms with Gasteiger partial charge in [-0.3, -0.25) is 9.78 Å². The van der Waals surface area contributed by atoms with Crippen LogP contribution in [-0.2, 0) is 0 Å². The van der Waals surface area contributed by atoms with Crippen LogP contribution in [0.25, 0.3) is 11.5 Å². The topological polar surface area (TPSA) is 84.7 Å². The third-order valence-corrected chi connectivity index (χ3v) is 3.00. The fourth-order valence-electron chi connectivity index (χ4n) is 1.69. The van der Waals surface area contributed by atoms with E-state index in [0.29, 0.717) is 17.1 Å². The molecule has 6 heteroatoms. The number of nitrogen functional groups attached to an aromatic ring is 1. The molecule has 0 aromatic carbocycles. The Morgan fingerprint density at radius 2 is 2.11 bits per heavy atom. The Morgan fingerprint density at radius 1 is 1.39 bits per heavy atom. The van der Waals surface area contributed by atoms with Crippen LogP contribution in [0.2, 0.25) is 0 Å². The van der Waals surface area contributed by atoms with Crippen molar-refractivity contribution in [3.8, 4) is 11.5 Å². The van der Waals surface area contributed by atoms with E-state index in [1.54, 1.807) is 12.3 Å². The van der Waals surface area contributed by atoms with Gasteiger partial charge < -0.3 is 10.7 Å². The van der Waals surface area contributed by atoms with Crippen molar-refractivity contribution >= 4 is 21.7 Å². The monoisotopic (exact) mass is 308 g/mol. The molecule has 94 valence electrons. The second-order valence-corrected chi connectivity index (χ2v) is 5.15. The molecule has 0 atom stereocenters. The lowest BCUT2D eigenvalue weighted by Crippen LogP contribution is -2.19. The molecule has 0 aliphatic heterocycles. The molecule has 0 spiro atoms. The van der Waals surface area contributed by atoms with E-state index in [0.717, 1.165) is 4.47 Å². The molecule has 2 aromatic heterocycles. The van der Waals surface area contributed by atoms with Gasteiger partial charge in [0.1, 0.15) is 11.5 Å². The quantitative estimate of drug-likeness (QED) is 0.891. The molecule has 0 aliphatic rings. The highest BCUT2D eigenvalue weighted by atomic mass is 79.9. The molecule has 0 saturated heterocycles. The lowest BCUT2D eigenvalue weighted by molar-refractivity contribution is 0.836. The maximum absolute atomic E-state index is 11.9. The van der Waals surface area contributed by atoms with Crippen molar-refractivity contribution in [2.45, 2.75) is 19.8 Å². The number of halogens is 1. The van der Waals surface area contributed by atoms with Crippen LogP contribution in [0, 0.1) is 0 Å². The number of pyridine rings is 1. The highest BCUT2D eigenvalue weighted by Crippen LogP contribution is 2.19. The van der Waals surface area contributed by atoms with Gasteiger partial charge in [-0.2, -0.15) is 0 Å². The van der Waals surface area contributed by atoms with Crippen LogP contribution < -0.4 is 11.3 Å². The van der Waals surface area contributed by atoms with E-state index in [9.17, 15) is 4.79 Å². The fraction of sp³-hybridized carbons (Fsp3) is 0.250. The van der Waals surface area contributed by atoms with Crippen molar-refractivity contribution in [2.75, 3.05) is 5.73 Å². The Balaban J connectivity index is 2.55. The second kappa shape index (κ2) is 4.89. The average Bonchev–Trinajstić information content (AvgIpc) is 2.28. The summed E-state index contributed by atoms with van der Waals surface area (Å²) in [6, 6.07) is 3.59. The summed E-state index contributed by atoms with van der Waals surface area (Å²) >= 11 is 3.30. The maximum atomic E-state index is 11.9. The SMILES string of the molecule is CC(C)c1c(N)nc(-c2ccc(Br)cn2)[nH]c1=O. The summed E-state index contributed by atoms with van der Waals surface area (Å²) in [5.74, 6) is 0.677. The van der Waals surface area contributed by atoms with Crippen LogP contribution in [-0.4, -0.2) is 15.0 Å². The molecule has 0 fully saturated rings. The zero-order valence-electron chi connectivity index (χ0n) is 10.1. The van der Waals surface area contributed by atoms with Gasteiger partial charge in [0, 0.05) is 10.7 Å². The van der Waals surface area contributed by atoms with E-state index in [1.165, 1.54) is 0 Å². The molecule has 0 aliphatic carbocycles. The molecule has 0 unspecified atom stereocenters. The van der Waals surface area contributed by atoms with E-state index in [2.05, 4.69) is 30.9 Å². The molecule has 0 saturated carbocycles. The van der Waals surface area contributed by atoms with Crippen LogP contribution in [0.4, 0.5) is 5.82 Å². The number of nitrogens with zero attached hydrogens (tertiary/aromatic N) is 2. The summed E-state index contributed by atoms with van der Waals surface area (Å²) in [5, 5.41) is 0. The van der Waals surface area contributed by atoms with Gasteiger partial charge in [-0.1, -0.05) is 13.8 Å². The normalized spacial score (nSPS) is 10.9. The number of nitrogens with one attached hydrogen (secondary N) is 1. The third-order valence-electron chi connectivity index (χ3n) is 2.53. The Morgan fingerprint density at radius 3 is 2.61 bits per heavy atom. The van der Waals surface area contributed by atoms with Crippen LogP contribution in [0.3, 0.4) is 0 Å². The Hall–Kier alpha value is -1.69. The summed E-state index contributed by atoms with van der Waals surface area (Å²) in [7, 11) is 0. The zero-order chi connectivity index (χ0) is 13.3. The fourth-order valence-corrected chi connectivity index (χ4v) is 1.93. The van der Waals surface area contributed by atoms with E-state index in [1.807, 2.05) is 19.9 Å². The number of hydrogen-bond acceptors (Lipinski definition) is 4. The number of hydrogen-bond donors (Lipinski definition) is 2. The highest BCUT2D eigenvalue weighted by molar-refractivity contribution is 9.10. The summed E-state index contributed by atoms with van der Waals surface area (Å²) in [5.41, 5.74) is 6.70. The van der Waals surface area contributed by atoms with E-state index in [-0.39, 0.29) is 17.3 Å². The maximum Gasteiger partial charge on any atom is 0.256 e. The summed E-state index contributed by atoms with van der Waals surface area (Å²) in [6.45, 7) is 3.81. The first kappa shape index (κ1) is 12.8. The Bertz CT molecular complexity index is 619. The van der Waals surface area contributed by atoms with Crippen LogP contribution in [0.1, 0.15) is 25.3 Å². The first-order chi connectivity index (χ1) is 8.49. The molecular formula is C12H13BrN4O. The number of rotatable bonds is 2. The van der Waals surface area contributed by atoms with Crippen molar-refractivity contribution in [1.29, 1.82) is 0 Å². The van der Waals surface area contributed by atoms with Gasteiger partial charge in [-0.05, 0) is 34.0 Å². The predicted molar refractivity (Wildman–Crippen MR) is 74.3 cm³/mol. The minimum Gasteiger partial charge on any atom is -0.383 e. The molecule has 0 amide bonds. The lowest BCUT2D eigenvalue weighted by Gasteiger charge is -2.08. The number of aromatic amines is 1. The molecule has 0 bridgehead atoms. The molecule has 2 rings (SSSR count).